The highest BCUT2D eigenvalue weighted by Gasteiger charge is 2.21. The number of rotatable bonds is 7. The van der Waals surface area contributed by atoms with E-state index in [1.165, 1.54) is 12.4 Å². The Bertz CT molecular complexity index is 939. The van der Waals surface area contributed by atoms with Gasteiger partial charge < -0.3 is 20.7 Å². The van der Waals surface area contributed by atoms with Crippen LogP contribution in [0.25, 0.3) is 22.3 Å². The van der Waals surface area contributed by atoms with E-state index in [4.69, 9.17) is 17.3 Å². The van der Waals surface area contributed by atoms with E-state index in [-0.39, 0.29) is 10.7 Å². The minimum Gasteiger partial charge on any atom is -0.390 e. The second-order valence-electron chi connectivity index (χ2n) is 6.95. The molecule has 0 spiro atoms. The molecule has 0 unspecified atom stereocenters. The van der Waals surface area contributed by atoms with E-state index in [1.54, 1.807) is 26.2 Å². The fraction of sp³-hybridized carbons (Fsp3) is 0.389. The maximum Gasteiger partial charge on any atom is 0.151 e. The fourth-order valence-corrected chi connectivity index (χ4v) is 3.07. The Labute approximate surface area is 161 Å². The van der Waals surface area contributed by atoms with Crippen molar-refractivity contribution >= 4 is 28.5 Å². The van der Waals surface area contributed by atoms with E-state index in [0.29, 0.717) is 48.5 Å². The molecule has 0 aliphatic carbocycles. The van der Waals surface area contributed by atoms with Crippen molar-refractivity contribution < 1.29 is 9.50 Å². The number of hydrogen-bond donors (Lipinski definition) is 3. The van der Waals surface area contributed by atoms with Crippen molar-refractivity contribution in [1.82, 2.24) is 19.9 Å². The average molecular weight is 393 g/mol. The second-order valence-corrected chi connectivity index (χ2v) is 7.36. The van der Waals surface area contributed by atoms with Crippen molar-refractivity contribution in [2.75, 3.05) is 24.5 Å². The van der Waals surface area contributed by atoms with Crippen LogP contribution in [-0.2, 0) is 0 Å². The number of halogens is 2. The van der Waals surface area contributed by atoms with Crippen molar-refractivity contribution in [1.29, 1.82) is 0 Å². The predicted molar refractivity (Wildman–Crippen MR) is 104 cm³/mol. The highest BCUT2D eigenvalue weighted by molar-refractivity contribution is 6.33. The van der Waals surface area contributed by atoms with Crippen LogP contribution in [0.15, 0.2) is 24.8 Å². The zero-order valence-electron chi connectivity index (χ0n) is 15.2. The molecule has 0 radical (unpaired) electrons. The van der Waals surface area contributed by atoms with Crippen LogP contribution in [-0.4, -0.2) is 50.3 Å². The molecule has 0 aliphatic heterocycles. The third kappa shape index (κ3) is 4.35. The second kappa shape index (κ2) is 7.75. The Morgan fingerprint density at radius 3 is 2.85 bits per heavy atom. The molecule has 0 amide bonds. The van der Waals surface area contributed by atoms with Gasteiger partial charge in [0.2, 0.25) is 0 Å². The normalized spacial score (nSPS) is 11.9. The van der Waals surface area contributed by atoms with Gasteiger partial charge in [0.1, 0.15) is 23.5 Å². The molecule has 0 fully saturated rings. The summed E-state index contributed by atoms with van der Waals surface area (Å²) in [6.07, 6.45) is 5.15. The number of aromatic amines is 1. The number of nitrogens with two attached hydrogens (primary N) is 1. The summed E-state index contributed by atoms with van der Waals surface area (Å²) in [5.41, 5.74) is 6.17. The minimum absolute atomic E-state index is 0.153. The smallest absolute Gasteiger partial charge is 0.151 e. The molecule has 0 bridgehead atoms. The van der Waals surface area contributed by atoms with Crippen LogP contribution in [0.5, 0.6) is 0 Å². The zero-order chi connectivity index (χ0) is 19.6. The van der Waals surface area contributed by atoms with Crippen LogP contribution < -0.4 is 10.6 Å². The van der Waals surface area contributed by atoms with Crippen LogP contribution in [0.3, 0.4) is 0 Å². The molecule has 0 atom stereocenters. The van der Waals surface area contributed by atoms with Gasteiger partial charge in [-0.1, -0.05) is 11.6 Å². The summed E-state index contributed by atoms with van der Waals surface area (Å²) in [6, 6.07) is 1.25. The molecule has 27 heavy (non-hydrogen) atoms. The number of H-pyrrole nitrogens is 1. The highest BCUT2D eigenvalue weighted by atomic mass is 35.5. The third-order valence-electron chi connectivity index (χ3n) is 4.21. The quantitative estimate of drug-likeness (QED) is 0.571. The van der Waals surface area contributed by atoms with E-state index in [9.17, 15) is 9.50 Å². The van der Waals surface area contributed by atoms with E-state index in [0.717, 1.165) is 0 Å². The fourth-order valence-electron chi connectivity index (χ4n) is 2.81. The van der Waals surface area contributed by atoms with Gasteiger partial charge in [0.25, 0.3) is 0 Å². The third-order valence-corrected chi connectivity index (χ3v) is 4.49. The molecule has 7 nitrogen and oxygen atoms in total. The van der Waals surface area contributed by atoms with Crippen LogP contribution in [0, 0.1) is 5.82 Å². The number of aliphatic hydroxyl groups is 1. The van der Waals surface area contributed by atoms with Gasteiger partial charge >= 0.3 is 0 Å². The maximum atomic E-state index is 14.7. The molecule has 3 aromatic heterocycles. The van der Waals surface area contributed by atoms with Gasteiger partial charge in [-0.05, 0) is 26.3 Å². The number of pyridine rings is 1. The Kier molecular flexibility index (Phi) is 5.59. The molecule has 0 saturated carbocycles. The van der Waals surface area contributed by atoms with Gasteiger partial charge in [0.15, 0.2) is 5.82 Å². The standard InChI is InChI=1S/C18H22ClFN6O/c1-18(2,27)3-5-26(6-4-21)17-13(19)7-14(20)15(25-17)11-9-23-16-12(11)8-22-10-24-16/h7-10,27H,3-6,21H2,1-2H3,(H,22,23,24). The number of fused-ring (bicyclic) bond motifs is 1. The molecule has 0 saturated heterocycles. The lowest BCUT2D eigenvalue weighted by atomic mass is 10.1. The van der Waals surface area contributed by atoms with Crippen molar-refractivity contribution in [3.05, 3.63) is 35.6 Å². The summed E-state index contributed by atoms with van der Waals surface area (Å²) in [6.45, 7) is 4.78. The summed E-state index contributed by atoms with van der Waals surface area (Å²) in [5.74, 6) is -0.113. The number of nitrogens with zero attached hydrogens (tertiary/aromatic N) is 4. The molecule has 144 valence electrons. The first-order valence-corrected chi connectivity index (χ1v) is 8.99. The van der Waals surface area contributed by atoms with Crippen molar-refractivity contribution in [2.45, 2.75) is 25.9 Å². The molecular weight excluding hydrogens is 371 g/mol. The van der Waals surface area contributed by atoms with Crippen LogP contribution in [0.4, 0.5) is 10.2 Å². The van der Waals surface area contributed by atoms with Gasteiger partial charge in [-0.15, -0.1) is 0 Å². The molecule has 3 aromatic rings. The molecule has 4 N–H and O–H groups in total. The average Bonchev–Trinajstić information content (AvgIpc) is 3.02. The summed E-state index contributed by atoms with van der Waals surface area (Å²) < 4.78 is 14.7. The number of aromatic nitrogens is 4. The first-order chi connectivity index (χ1) is 12.8. The Morgan fingerprint density at radius 2 is 2.15 bits per heavy atom. The summed E-state index contributed by atoms with van der Waals surface area (Å²) in [5, 5.41) is 10.9. The SMILES string of the molecule is CC(C)(O)CCN(CCN)c1nc(-c2c[nH]c3ncncc23)c(F)cc1Cl. The van der Waals surface area contributed by atoms with Crippen LogP contribution in [0.2, 0.25) is 5.02 Å². The lowest BCUT2D eigenvalue weighted by molar-refractivity contribution is 0.0731. The van der Waals surface area contributed by atoms with Crippen molar-refractivity contribution in [3.8, 4) is 11.3 Å². The summed E-state index contributed by atoms with van der Waals surface area (Å²) in [4.78, 5) is 17.5. The van der Waals surface area contributed by atoms with Gasteiger partial charge in [-0.3, -0.25) is 0 Å². The summed E-state index contributed by atoms with van der Waals surface area (Å²) >= 11 is 6.28. The van der Waals surface area contributed by atoms with Crippen molar-refractivity contribution in [3.63, 3.8) is 0 Å². The molecular formula is C18H22ClFN6O. The van der Waals surface area contributed by atoms with Gasteiger partial charge in [0.05, 0.1) is 10.6 Å². The molecule has 0 aromatic carbocycles. The lowest BCUT2D eigenvalue weighted by Crippen LogP contribution is -2.35. The summed E-state index contributed by atoms with van der Waals surface area (Å²) in [7, 11) is 0. The maximum absolute atomic E-state index is 14.7. The largest absolute Gasteiger partial charge is 0.390 e. The Morgan fingerprint density at radius 1 is 1.37 bits per heavy atom. The Balaban J connectivity index is 2.04. The number of anilines is 1. The molecule has 3 heterocycles. The zero-order valence-corrected chi connectivity index (χ0v) is 16.0. The number of nitrogens with one attached hydrogen (secondary N) is 1. The van der Waals surface area contributed by atoms with Gasteiger partial charge in [0, 0.05) is 43.0 Å². The lowest BCUT2D eigenvalue weighted by Gasteiger charge is -2.28. The first kappa shape index (κ1) is 19.5. The minimum atomic E-state index is -0.851. The molecule has 3 rings (SSSR count). The number of hydrogen-bond acceptors (Lipinski definition) is 6. The van der Waals surface area contributed by atoms with Crippen LogP contribution in [0.1, 0.15) is 20.3 Å². The Hall–Kier alpha value is -2.29. The topological polar surface area (TPSA) is 104 Å². The van der Waals surface area contributed by atoms with E-state index in [1.807, 2.05) is 4.90 Å². The molecule has 9 heteroatoms. The predicted octanol–water partition coefficient (Wildman–Crippen LogP) is 2.74. The van der Waals surface area contributed by atoms with E-state index in [2.05, 4.69) is 19.9 Å². The first-order valence-electron chi connectivity index (χ1n) is 8.61. The van der Waals surface area contributed by atoms with Crippen molar-refractivity contribution in [2.24, 2.45) is 5.73 Å². The molecule has 0 aliphatic rings. The van der Waals surface area contributed by atoms with E-state index >= 15 is 0 Å². The van der Waals surface area contributed by atoms with E-state index < -0.39 is 11.4 Å². The van der Waals surface area contributed by atoms with Crippen LogP contribution >= 0.6 is 11.6 Å². The monoisotopic (exact) mass is 392 g/mol. The highest BCUT2D eigenvalue weighted by Crippen LogP contribution is 2.33. The van der Waals surface area contributed by atoms with Gasteiger partial charge in [-0.2, -0.15) is 0 Å². The van der Waals surface area contributed by atoms with Gasteiger partial charge in [-0.25, -0.2) is 19.3 Å².